The molecule has 0 radical (unpaired) electrons. The second-order valence-corrected chi connectivity index (χ2v) is 6.12. The average molecular weight is 285 g/mol. The van der Waals surface area contributed by atoms with Gasteiger partial charge in [0.2, 0.25) is 0 Å². The number of anilines is 1. The molecule has 0 saturated carbocycles. The maximum Gasteiger partial charge on any atom is 0.125 e. The number of nitrogens with zero attached hydrogens (tertiary/aromatic N) is 2. The fourth-order valence-corrected chi connectivity index (χ4v) is 3.62. The Balaban J connectivity index is 2.05. The van der Waals surface area contributed by atoms with Gasteiger partial charge < -0.3 is 5.73 Å². The van der Waals surface area contributed by atoms with E-state index in [2.05, 4.69) is 44.2 Å². The summed E-state index contributed by atoms with van der Waals surface area (Å²) < 4.78 is 3.30. The van der Waals surface area contributed by atoms with Crippen LogP contribution in [0.5, 0.6) is 0 Å². The summed E-state index contributed by atoms with van der Waals surface area (Å²) in [5.74, 6) is 0. The quantitative estimate of drug-likeness (QED) is 0.754. The number of rotatable bonds is 4. The lowest BCUT2D eigenvalue weighted by atomic mass is 10.2. The summed E-state index contributed by atoms with van der Waals surface area (Å²) >= 11 is 1.75. The highest BCUT2D eigenvalue weighted by Gasteiger charge is 2.15. The van der Waals surface area contributed by atoms with Crippen LogP contribution < -0.4 is 5.73 Å². The Bertz CT molecular complexity index is 689. The first kappa shape index (κ1) is 13.2. The maximum absolute atomic E-state index is 6.17. The molecular weight excluding hydrogens is 266 g/mol. The van der Waals surface area contributed by atoms with Gasteiger partial charge in [-0.25, -0.2) is 0 Å². The van der Waals surface area contributed by atoms with Gasteiger partial charge in [0, 0.05) is 10.9 Å². The van der Waals surface area contributed by atoms with Crippen molar-refractivity contribution in [1.29, 1.82) is 0 Å². The molecule has 1 aromatic carbocycles. The number of nitrogens with two attached hydrogens (primary N) is 1. The van der Waals surface area contributed by atoms with E-state index in [1.54, 1.807) is 11.3 Å². The lowest BCUT2D eigenvalue weighted by molar-refractivity contribution is 0.429. The van der Waals surface area contributed by atoms with Gasteiger partial charge in [-0.05, 0) is 30.4 Å². The van der Waals surface area contributed by atoms with Crippen molar-refractivity contribution in [3.8, 4) is 10.6 Å². The zero-order valence-corrected chi connectivity index (χ0v) is 12.7. The van der Waals surface area contributed by atoms with E-state index in [1.807, 2.05) is 10.9 Å². The van der Waals surface area contributed by atoms with Gasteiger partial charge in [-0.15, -0.1) is 11.3 Å². The van der Waals surface area contributed by atoms with Gasteiger partial charge in [-0.3, -0.25) is 4.68 Å². The summed E-state index contributed by atoms with van der Waals surface area (Å²) in [7, 11) is 0. The summed E-state index contributed by atoms with van der Waals surface area (Å²) in [6, 6.07) is 11.0. The van der Waals surface area contributed by atoms with Crippen LogP contribution in [-0.2, 0) is 0 Å². The Morgan fingerprint density at radius 1 is 1.25 bits per heavy atom. The number of hydrogen-bond acceptors (Lipinski definition) is 3. The van der Waals surface area contributed by atoms with Gasteiger partial charge in [-0.2, -0.15) is 5.10 Å². The molecule has 0 aliphatic rings. The van der Waals surface area contributed by atoms with Crippen molar-refractivity contribution in [2.45, 2.75) is 32.7 Å². The van der Waals surface area contributed by atoms with Gasteiger partial charge in [0.15, 0.2) is 0 Å². The molecule has 104 valence electrons. The molecule has 0 aliphatic carbocycles. The number of fused-ring (bicyclic) bond motifs is 1. The van der Waals surface area contributed by atoms with Crippen molar-refractivity contribution in [1.82, 2.24) is 9.78 Å². The summed E-state index contributed by atoms with van der Waals surface area (Å²) in [6.45, 7) is 4.37. The Labute approximate surface area is 123 Å². The second kappa shape index (κ2) is 5.29. The summed E-state index contributed by atoms with van der Waals surface area (Å²) in [5, 5.41) is 5.97. The first-order chi connectivity index (χ1) is 9.72. The molecule has 0 saturated heterocycles. The van der Waals surface area contributed by atoms with Crippen LogP contribution in [0.2, 0.25) is 0 Å². The van der Waals surface area contributed by atoms with Crippen LogP contribution >= 0.6 is 11.3 Å². The zero-order valence-electron chi connectivity index (χ0n) is 11.8. The standard InChI is InChI=1S/C16H19N3S/c1-3-12(4-2)19-10-13(17)16(18-19)15-9-11-7-5-6-8-14(11)20-15/h5-10,12H,3-4,17H2,1-2H3. The topological polar surface area (TPSA) is 43.8 Å². The Morgan fingerprint density at radius 2 is 2.00 bits per heavy atom. The second-order valence-electron chi connectivity index (χ2n) is 5.03. The Kier molecular flexibility index (Phi) is 3.49. The van der Waals surface area contributed by atoms with Crippen molar-refractivity contribution >= 4 is 27.1 Å². The molecule has 2 N–H and O–H groups in total. The molecular formula is C16H19N3S. The molecule has 2 aromatic heterocycles. The number of aromatic nitrogens is 2. The van der Waals surface area contributed by atoms with Crippen LogP contribution in [0, 0.1) is 0 Å². The van der Waals surface area contributed by atoms with Crippen LogP contribution in [0.4, 0.5) is 5.69 Å². The number of nitrogen functional groups attached to an aromatic ring is 1. The van der Waals surface area contributed by atoms with Crippen molar-refractivity contribution in [3.05, 3.63) is 36.5 Å². The van der Waals surface area contributed by atoms with Crippen molar-refractivity contribution < 1.29 is 0 Å². The minimum atomic E-state index is 0.431. The SMILES string of the molecule is CCC(CC)n1cc(N)c(-c2cc3ccccc3s2)n1. The molecule has 0 amide bonds. The summed E-state index contributed by atoms with van der Waals surface area (Å²) in [5.41, 5.74) is 7.85. The molecule has 0 bridgehead atoms. The largest absolute Gasteiger partial charge is 0.396 e. The maximum atomic E-state index is 6.17. The first-order valence-electron chi connectivity index (χ1n) is 7.06. The average Bonchev–Trinajstić information content (AvgIpc) is 3.03. The molecule has 0 spiro atoms. The lowest BCUT2D eigenvalue weighted by Crippen LogP contribution is -2.07. The molecule has 0 aliphatic heterocycles. The summed E-state index contributed by atoms with van der Waals surface area (Å²) in [4.78, 5) is 1.15. The van der Waals surface area contributed by atoms with E-state index in [0.717, 1.165) is 29.1 Å². The van der Waals surface area contributed by atoms with E-state index < -0.39 is 0 Å². The summed E-state index contributed by atoms with van der Waals surface area (Å²) in [6.07, 6.45) is 4.12. The molecule has 0 unspecified atom stereocenters. The van der Waals surface area contributed by atoms with Gasteiger partial charge in [0.25, 0.3) is 0 Å². The fourth-order valence-electron chi connectivity index (χ4n) is 2.55. The van der Waals surface area contributed by atoms with Gasteiger partial charge in [0.1, 0.15) is 5.69 Å². The van der Waals surface area contributed by atoms with Crippen LogP contribution in [0.3, 0.4) is 0 Å². The molecule has 3 nitrogen and oxygen atoms in total. The first-order valence-corrected chi connectivity index (χ1v) is 7.88. The van der Waals surface area contributed by atoms with Crippen LogP contribution in [0.1, 0.15) is 32.7 Å². The zero-order chi connectivity index (χ0) is 14.1. The minimum absolute atomic E-state index is 0.431. The minimum Gasteiger partial charge on any atom is -0.396 e. The predicted molar refractivity (Wildman–Crippen MR) is 87.1 cm³/mol. The van der Waals surface area contributed by atoms with Crippen molar-refractivity contribution in [2.75, 3.05) is 5.73 Å². The normalized spacial score (nSPS) is 11.6. The molecule has 0 fully saturated rings. The van der Waals surface area contributed by atoms with E-state index in [4.69, 9.17) is 10.8 Å². The molecule has 3 aromatic rings. The van der Waals surface area contributed by atoms with Crippen LogP contribution in [0.15, 0.2) is 36.5 Å². The van der Waals surface area contributed by atoms with E-state index >= 15 is 0 Å². The molecule has 0 atom stereocenters. The third kappa shape index (κ3) is 2.20. The third-order valence-corrected chi connectivity index (χ3v) is 4.86. The molecule has 20 heavy (non-hydrogen) atoms. The third-order valence-electron chi connectivity index (χ3n) is 3.74. The van der Waals surface area contributed by atoms with Gasteiger partial charge in [0.05, 0.1) is 16.6 Å². The fraction of sp³-hybridized carbons (Fsp3) is 0.312. The van der Waals surface area contributed by atoms with Gasteiger partial charge >= 0.3 is 0 Å². The highest BCUT2D eigenvalue weighted by atomic mass is 32.1. The Morgan fingerprint density at radius 3 is 2.70 bits per heavy atom. The smallest absolute Gasteiger partial charge is 0.125 e. The number of benzene rings is 1. The van der Waals surface area contributed by atoms with Gasteiger partial charge in [-0.1, -0.05) is 32.0 Å². The van der Waals surface area contributed by atoms with E-state index in [1.165, 1.54) is 10.1 Å². The number of hydrogen-bond donors (Lipinski definition) is 1. The predicted octanol–water partition coefficient (Wildman–Crippen LogP) is 4.71. The molecule has 2 heterocycles. The number of thiophene rings is 1. The van der Waals surface area contributed by atoms with E-state index in [-0.39, 0.29) is 0 Å². The van der Waals surface area contributed by atoms with Crippen molar-refractivity contribution in [2.24, 2.45) is 0 Å². The Hall–Kier alpha value is -1.81. The monoisotopic (exact) mass is 285 g/mol. The lowest BCUT2D eigenvalue weighted by Gasteiger charge is -2.12. The van der Waals surface area contributed by atoms with E-state index in [0.29, 0.717) is 6.04 Å². The van der Waals surface area contributed by atoms with Crippen LogP contribution in [-0.4, -0.2) is 9.78 Å². The van der Waals surface area contributed by atoms with Crippen LogP contribution in [0.25, 0.3) is 20.7 Å². The van der Waals surface area contributed by atoms with Crippen molar-refractivity contribution in [3.63, 3.8) is 0 Å². The molecule has 3 rings (SSSR count). The van der Waals surface area contributed by atoms with E-state index in [9.17, 15) is 0 Å². The highest BCUT2D eigenvalue weighted by Crippen LogP contribution is 2.35. The highest BCUT2D eigenvalue weighted by molar-refractivity contribution is 7.22. The molecule has 4 heteroatoms.